The van der Waals surface area contributed by atoms with E-state index in [1.165, 1.54) is 25.4 Å². The van der Waals surface area contributed by atoms with Crippen LogP contribution in [-0.4, -0.2) is 37.0 Å². The molecule has 3 rings (SSSR count). The van der Waals surface area contributed by atoms with Gasteiger partial charge in [-0.2, -0.15) is 0 Å². The number of carbonyl (C=O) groups excluding carboxylic acids is 3. The molecular formula is C25H32N2O4S. The van der Waals surface area contributed by atoms with Crippen LogP contribution in [-0.2, 0) is 14.3 Å². The molecule has 0 saturated heterocycles. The van der Waals surface area contributed by atoms with Gasteiger partial charge in [0.05, 0.1) is 18.7 Å². The molecule has 3 atom stereocenters. The Kier molecular flexibility index (Phi) is 7.72. The molecule has 3 unspecified atom stereocenters. The molecule has 7 heteroatoms. The number of nitrogens with one attached hydrogen (secondary N) is 1. The Morgan fingerprint density at radius 1 is 1.16 bits per heavy atom. The van der Waals surface area contributed by atoms with Gasteiger partial charge in [0.1, 0.15) is 4.88 Å². The van der Waals surface area contributed by atoms with Crippen LogP contribution in [0.5, 0.6) is 0 Å². The monoisotopic (exact) mass is 456 g/mol. The third kappa shape index (κ3) is 5.21. The first kappa shape index (κ1) is 24.0. The zero-order valence-corrected chi connectivity index (χ0v) is 20.2. The number of nitrogens with zero attached hydrogens (tertiary/aromatic N) is 1. The summed E-state index contributed by atoms with van der Waals surface area (Å²) in [4.78, 5) is 41.4. The maximum absolute atomic E-state index is 13.9. The lowest BCUT2D eigenvalue weighted by atomic mass is 9.78. The van der Waals surface area contributed by atoms with Gasteiger partial charge in [0.15, 0.2) is 0 Å². The predicted octanol–water partition coefficient (Wildman–Crippen LogP) is 4.88. The molecule has 0 radical (unpaired) electrons. The molecule has 0 aliphatic heterocycles. The summed E-state index contributed by atoms with van der Waals surface area (Å²) < 4.78 is 5.05. The zero-order valence-electron chi connectivity index (χ0n) is 19.4. The summed E-state index contributed by atoms with van der Waals surface area (Å²) >= 11 is 1.33. The van der Waals surface area contributed by atoms with Gasteiger partial charge in [-0.25, -0.2) is 4.79 Å². The maximum Gasteiger partial charge on any atom is 0.350 e. The Balaban J connectivity index is 2.03. The lowest BCUT2D eigenvalue weighted by molar-refractivity contribution is -0.126. The molecule has 1 aliphatic carbocycles. The van der Waals surface area contributed by atoms with Crippen LogP contribution in [0.3, 0.4) is 0 Å². The van der Waals surface area contributed by atoms with E-state index in [1.54, 1.807) is 4.90 Å². The molecule has 2 amide bonds. The quantitative estimate of drug-likeness (QED) is 0.629. The van der Waals surface area contributed by atoms with Crippen LogP contribution < -0.4 is 10.2 Å². The van der Waals surface area contributed by atoms with Crippen LogP contribution in [0.15, 0.2) is 36.4 Å². The number of rotatable bonds is 6. The lowest BCUT2D eigenvalue weighted by Gasteiger charge is -2.38. The van der Waals surface area contributed by atoms with Crippen molar-refractivity contribution in [3.05, 3.63) is 41.3 Å². The van der Waals surface area contributed by atoms with Gasteiger partial charge in [-0.15, -0.1) is 11.3 Å². The smallest absolute Gasteiger partial charge is 0.350 e. The minimum Gasteiger partial charge on any atom is -0.465 e. The van der Waals surface area contributed by atoms with Crippen LogP contribution in [0.2, 0.25) is 0 Å². The van der Waals surface area contributed by atoms with Gasteiger partial charge >= 0.3 is 5.97 Å². The Hall–Kier alpha value is -2.67. The number of esters is 1. The number of hydrogen-bond acceptors (Lipinski definition) is 5. The third-order valence-electron chi connectivity index (χ3n) is 5.97. The number of amides is 2. The summed E-state index contributed by atoms with van der Waals surface area (Å²) in [7, 11) is 1.35. The van der Waals surface area contributed by atoms with Crippen LogP contribution in [0, 0.1) is 11.8 Å². The molecule has 1 aromatic heterocycles. The molecule has 1 saturated carbocycles. The fraction of sp³-hybridized carbons (Fsp3) is 0.480. The van der Waals surface area contributed by atoms with Gasteiger partial charge in [-0.1, -0.05) is 37.3 Å². The lowest BCUT2D eigenvalue weighted by Crippen LogP contribution is -2.52. The van der Waals surface area contributed by atoms with Crippen LogP contribution in [0.25, 0.3) is 10.4 Å². The van der Waals surface area contributed by atoms with Crippen molar-refractivity contribution < 1.29 is 19.1 Å². The highest BCUT2D eigenvalue weighted by Crippen LogP contribution is 2.40. The van der Waals surface area contributed by atoms with Crippen molar-refractivity contribution in [1.82, 2.24) is 5.32 Å². The van der Waals surface area contributed by atoms with Crippen molar-refractivity contribution in [2.75, 3.05) is 12.0 Å². The molecule has 0 spiro atoms. The minimum atomic E-state index is -0.457. The topological polar surface area (TPSA) is 75.7 Å². The third-order valence-corrected chi connectivity index (χ3v) is 7.13. The minimum absolute atomic E-state index is 0.0618. The van der Waals surface area contributed by atoms with Crippen LogP contribution >= 0.6 is 11.3 Å². The van der Waals surface area contributed by atoms with E-state index in [-0.39, 0.29) is 29.8 Å². The molecule has 1 aliphatic rings. The number of methoxy groups -OCH3 is 1. The standard InChI is InChI=1S/C25H32N2O4S/c1-15(2)27(24(29)19-12-11-16(3)13-20(19)26-17(4)28)21-14-22(18-9-7-6-8-10-18)32-23(21)25(30)31-5/h6-10,14-16,19-20H,11-13H2,1-5H3,(H,26,28). The number of thiophene rings is 1. The fourth-order valence-electron chi connectivity index (χ4n) is 4.47. The summed E-state index contributed by atoms with van der Waals surface area (Å²) in [6.07, 6.45) is 2.41. The molecule has 2 aromatic rings. The average Bonchev–Trinajstić information content (AvgIpc) is 3.18. The number of ether oxygens (including phenoxy) is 1. The number of hydrogen-bond donors (Lipinski definition) is 1. The van der Waals surface area contributed by atoms with E-state index in [0.29, 0.717) is 22.9 Å². The van der Waals surface area contributed by atoms with Crippen LogP contribution in [0.4, 0.5) is 5.69 Å². The van der Waals surface area contributed by atoms with E-state index >= 15 is 0 Å². The molecule has 1 fully saturated rings. The first-order valence-electron chi connectivity index (χ1n) is 11.1. The highest BCUT2D eigenvalue weighted by atomic mass is 32.1. The molecule has 32 heavy (non-hydrogen) atoms. The summed E-state index contributed by atoms with van der Waals surface area (Å²) in [6.45, 7) is 7.52. The van der Waals surface area contributed by atoms with Gasteiger partial charge in [-0.05, 0) is 50.7 Å². The predicted molar refractivity (Wildman–Crippen MR) is 128 cm³/mol. The van der Waals surface area contributed by atoms with E-state index in [0.717, 1.165) is 23.3 Å². The van der Waals surface area contributed by atoms with Gasteiger partial charge in [0, 0.05) is 23.9 Å². The van der Waals surface area contributed by atoms with Gasteiger partial charge < -0.3 is 15.0 Å². The maximum atomic E-state index is 13.9. The highest BCUT2D eigenvalue weighted by molar-refractivity contribution is 7.18. The van der Waals surface area contributed by atoms with E-state index in [4.69, 9.17) is 4.74 Å². The summed E-state index contributed by atoms with van der Waals surface area (Å²) in [6, 6.07) is 11.3. The average molecular weight is 457 g/mol. The van der Waals surface area contributed by atoms with Crippen molar-refractivity contribution in [3.8, 4) is 10.4 Å². The molecule has 1 N–H and O–H groups in total. The SMILES string of the molecule is COC(=O)c1sc(-c2ccccc2)cc1N(C(=O)C1CCC(C)CC1NC(C)=O)C(C)C. The van der Waals surface area contributed by atoms with Crippen molar-refractivity contribution in [3.63, 3.8) is 0 Å². The van der Waals surface area contributed by atoms with Crippen LogP contribution in [0.1, 0.15) is 56.6 Å². The Labute approximate surface area is 194 Å². The summed E-state index contributed by atoms with van der Waals surface area (Å²) in [5, 5.41) is 2.99. The molecule has 0 bridgehead atoms. The second-order valence-electron chi connectivity index (χ2n) is 8.82. The van der Waals surface area contributed by atoms with Crippen molar-refractivity contribution in [2.45, 2.75) is 59.0 Å². The van der Waals surface area contributed by atoms with E-state index in [2.05, 4.69) is 12.2 Å². The van der Waals surface area contributed by atoms with E-state index < -0.39 is 5.97 Å². The van der Waals surface area contributed by atoms with Gasteiger partial charge in [0.25, 0.3) is 0 Å². The molecule has 1 heterocycles. The van der Waals surface area contributed by atoms with E-state index in [1.807, 2.05) is 50.2 Å². The van der Waals surface area contributed by atoms with Crippen molar-refractivity contribution >= 4 is 34.8 Å². The molecule has 1 aromatic carbocycles. The largest absolute Gasteiger partial charge is 0.465 e. The first-order valence-corrected chi connectivity index (χ1v) is 11.9. The summed E-state index contributed by atoms with van der Waals surface area (Å²) in [5.74, 6) is -0.535. The second kappa shape index (κ2) is 10.3. The Morgan fingerprint density at radius 2 is 1.84 bits per heavy atom. The van der Waals surface area contributed by atoms with E-state index in [9.17, 15) is 14.4 Å². The Morgan fingerprint density at radius 3 is 2.44 bits per heavy atom. The number of carbonyl (C=O) groups is 3. The zero-order chi connectivity index (χ0) is 23.4. The van der Waals surface area contributed by atoms with Crippen molar-refractivity contribution in [2.24, 2.45) is 11.8 Å². The fourth-order valence-corrected chi connectivity index (χ4v) is 5.54. The van der Waals surface area contributed by atoms with Gasteiger partial charge in [0.2, 0.25) is 11.8 Å². The molecule has 6 nitrogen and oxygen atoms in total. The van der Waals surface area contributed by atoms with Crippen molar-refractivity contribution in [1.29, 1.82) is 0 Å². The second-order valence-corrected chi connectivity index (χ2v) is 9.87. The molecular weight excluding hydrogens is 424 g/mol. The highest BCUT2D eigenvalue weighted by Gasteiger charge is 2.39. The number of anilines is 1. The normalized spacial score (nSPS) is 20.6. The summed E-state index contributed by atoms with van der Waals surface area (Å²) in [5.41, 5.74) is 1.55. The Bertz CT molecular complexity index is 970. The molecule has 172 valence electrons. The first-order chi connectivity index (χ1) is 15.2. The number of benzene rings is 1. The van der Waals surface area contributed by atoms with Gasteiger partial charge in [-0.3, -0.25) is 9.59 Å².